The van der Waals surface area contributed by atoms with Crippen molar-refractivity contribution in [2.24, 2.45) is 10.2 Å². The SMILES string of the molecule is COC(=O)c1ccc2c(N=Nc3c(C#N)cnn3-c3ncccn3)c(O)c(C(=O)Nc3ccccc3)cc2c1. The summed E-state index contributed by atoms with van der Waals surface area (Å²) in [5.74, 6) is -1.47. The van der Waals surface area contributed by atoms with Gasteiger partial charge in [0.1, 0.15) is 17.3 Å². The molecule has 39 heavy (non-hydrogen) atoms. The summed E-state index contributed by atoms with van der Waals surface area (Å²) < 4.78 is 6.04. The number of anilines is 1. The van der Waals surface area contributed by atoms with Crippen molar-refractivity contribution in [1.82, 2.24) is 19.7 Å². The number of methoxy groups -OCH3 is 1. The van der Waals surface area contributed by atoms with Crippen LogP contribution in [0.4, 0.5) is 17.2 Å². The van der Waals surface area contributed by atoms with Gasteiger partial charge in [0, 0.05) is 23.5 Å². The molecular formula is C27H18N8O4. The Morgan fingerprint density at radius 1 is 1.05 bits per heavy atom. The molecule has 5 aromatic rings. The summed E-state index contributed by atoms with van der Waals surface area (Å²) in [5.41, 5.74) is 0.661. The van der Waals surface area contributed by atoms with Crippen molar-refractivity contribution in [3.05, 3.63) is 95.9 Å². The molecule has 12 nitrogen and oxygen atoms in total. The first kappa shape index (κ1) is 24.7. The van der Waals surface area contributed by atoms with Crippen LogP contribution in [-0.4, -0.2) is 43.8 Å². The largest absolute Gasteiger partial charge is 0.505 e. The van der Waals surface area contributed by atoms with Gasteiger partial charge >= 0.3 is 5.97 Å². The third-order valence-corrected chi connectivity index (χ3v) is 5.63. The molecule has 0 spiro atoms. The van der Waals surface area contributed by atoms with E-state index < -0.39 is 17.6 Å². The zero-order valence-corrected chi connectivity index (χ0v) is 20.3. The zero-order chi connectivity index (χ0) is 27.4. The predicted molar refractivity (Wildman–Crippen MR) is 139 cm³/mol. The van der Waals surface area contributed by atoms with E-state index >= 15 is 0 Å². The van der Waals surface area contributed by atoms with Crippen molar-refractivity contribution in [3.63, 3.8) is 0 Å². The Labute approximate surface area is 220 Å². The number of ether oxygens (including phenoxy) is 1. The summed E-state index contributed by atoms with van der Waals surface area (Å²) in [6.07, 6.45) is 4.29. The molecule has 3 aromatic carbocycles. The highest BCUT2D eigenvalue weighted by Crippen LogP contribution is 2.40. The Morgan fingerprint density at radius 3 is 2.54 bits per heavy atom. The van der Waals surface area contributed by atoms with Crippen LogP contribution < -0.4 is 5.32 Å². The van der Waals surface area contributed by atoms with Gasteiger partial charge in [-0.3, -0.25) is 4.79 Å². The van der Waals surface area contributed by atoms with Crippen LogP contribution in [0.5, 0.6) is 5.75 Å². The number of hydrogen-bond donors (Lipinski definition) is 2. The lowest BCUT2D eigenvalue weighted by molar-refractivity contribution is 0.0600. The smallest absolute Gasteiger partial charge is 0.337 e. The van der Waals surface area contributed by atoms with E-state index in [9.17, 15) is 20.0 Å². The molecule has 0 saturated carbocycles. The van der Waals surface area contributed by atoms with E-state index in [2.05, 4.69) is 30.6 Å². The molecule has 0 aliphatic heterocycles. The maximum absolute atomic E-state index is 13.2. The summed E-state index contributed by atoms with van der Waals surface area (Å²) in [4.78, 5) is 33.6. The highest BCUT2D eigenvalue weighted by molar-refractivity contribution is 6.12. The normalized spacial score (nSPS) is 10.9. The first-order chi connectivity index (χ1) is 19.0. The number of nitriles is 1. The van der Waals surface area contributed by atoms with Gasteiger partial charge in [0.25, 0.3) is 11.9 Å². The monoisotopic (exact) mass is 518 g/mol. The van der Waals surface area contributed by atoms with Crippen molar-refractivity contribution in [2.75, 3.05) is 12.4 Å². The number of hydrogen-bond acceptors (Lipinski definition) is 10. The van der Waals surface area contributed by atoms with E-state index in [0.717, 1.165) is 0 Å². The fourth-order valence-corrected chi connectivity index (χ4v) is 3.78. The van der Waals surface area contributed by atoms with Gasteiger partial charge in [0.2, 0.25) is 0 Å². The number of phenols is 1. The van der Waals surface area contributed by atoms with Crippen molar-refractivity contribution in [2.45, 2.75) is 0 Å². The van der Waals surface area contributed by atoms with E-state index in [4.69, 9.17) is 4.74 Å². The number of carbonyl (C=O) groups is 2. The molecule has 0 bridgehead atoms. The second-order valence-corrected chi connectivity index (χ2v) is 8.02. The van der Waals surface area contributed by atoms with Gasteiger partial charge < -0.3 is 15.2 Å². The fourth-order valence-electron chi connectivity index (χ4n) is 3.78. The molecule has 0 radical (unpaired) electrons. The van der Waals surface area contributed by atoms with Crippen molar-refractivity contribution >= 4 is 39.8 Å². The maximum Gasteiger partial charge on any atom is 0.337 e. The molecule has 0 aliphatic rings. The molecular weight excluding hydrogens is 500 g/mol. The number of esters is 1. The Hall–Kier alpha value is -5.96. The van der Waals surface area contributed by atoms with E-state index in [1.165, 1.54) is 48.6 Å². The summed E-state index contributed by atoms with van der Waals surface area (Å²) in [5, 5.41) is 36.8. The minimum absolute atomic E-state index is 0.0153. The molecule has 0 aliphatic carbocycles. The van der Waals surface area contributed by atoms with Gasteiger partial charge in [-0.2, -0.15) is 15.0 Å². The van der Waals surface area contributed by atoms with Crippen LogP contribution in [-0.2, 0) is 4.74 Å². The van der Waals surface area contributed by atoms with Crippen LogP contribution in [0.2, 0.25) is 0 Å². The Morgan fingerprint density at radius 2 is 1.82 bits per heavy atom. The van der Waals surface area contributed by atoms with Crippen molar-refractivity contribution < 1.29 is 19.4 Å². The van der Waals surface area contributed by atoms with Gasteiger partial charge in [0.15, 0.2) is 11.6 Å². The molecule has 0 fully saturated rings. The third-order valence-electron chi connectivity index (χ3n) is 5.63. The first-order valence-electron chi connectivity index (χ1n) is 11.4. The number of aromatic nitrogens is 4. The second-order valence-electron chi connectivity index (χ2n) is 8.02. The number of fused-ring (bicyclic) bond motifs is 1. The van der Waals surface area contributed by atoms with Crippen LogP contribution in [0.3, 0.4) is 0 Å². The minimum Gasteiger partial charge on any atom is -0.505 e. The Balaban J connectivity index is 1.66. The third kappa shape index (κ3) is 4.87. The van der Waals surface area contributed by atoms with E-state index in [1.54, 1.807) is 42.5 Å². The maximum atomic E-state index is 13.2. The van der Waals surface area contributed by atoms with E-state index in [0.29, 0.717) is 16.5 Å². The van der Waals surface area contributed by atoms with Gasteiger partial charge in [0.05, 0.1) is 24.4 Å². The minimum atomic E-state index is -0.610. The van der Waals surface area contributed by atoms with Gasteiger partial charge in [-0.15, -0.1) is 10.2 Å². The van der Waals surface area contributed by atoms with Gasteiger partial charge in [-0.05, 0) is 41.8 Å². The highest BCUT2D eigenvalue weighted by atomic mass is 16.5. The average molecular weight is 518 g/mol. The summed E-state index contributed by atoms with van der Waals surface area (Å²) >= 11 is 0. The lowest BCUT2D eigenvalue weighted by atomic mass is 10.0. The van der Waals surface area contributed by atoms with Gasteiger partial charge in [-0.25, -0.2) is 14.8 Å². The molecule has 2 N–H and O–H groups in total. The van der Waals surface area contributed by atoms with E-state index in [-0.39, 0.29) is 34.1 Å². The summed E-state index contributed by atoms with van der Waals surface area (Å²) in [6, 6.07) is 18.3. The Kier molecular flexibility index (Phi) is 6.70. The van der Waals surface area contributed by atoms with Crippen LogP contribution in [0.15, 0.2) is 89.5 Å². The zero-order valence-electron chi connectivity index (χ0n) is 20.3. The summed E-state index contributed by atoms with van der Waals surface area (Å²) in [7, 11) is 1.26. The van der Waals surface area contributed by atoms with Crippen LogP contribution in [0.1, 0.15) is 26.3 Å². The standard InChI is InChI=1S/C27H18N8O4/c1-39-26(38)16-8-9-20-17(12-16)13-21(25(37)32-19-6-3-2-4-7-19)23(36)22(20)33-34-24-18(14-28)15-31-35(24)27-29-10-5-11-30-27/h2-13,15,36H,1H3,(H,32,37). The van der Waals surface area contributed by atoms with E-state index in [1.807, 2.05) is 6.07 Å². The molecule has 12 heteroatoms. The van der Waals surface area contributed by atoms with Crippen LogP contribution in [0, 0.1) is 11.3 Å². The highest BCUT2D eigenvalue weighted by Gasteiger charge is 2.21. The van der Waals surface area contributed by atoms with Crippen molar-refractivity contribution in [1.29, 1.82) is 5.26 Å². The fraction of sp³-hybridized carbons (Fsp3) is 0.0370. The summed E-state index contributed by atoms with van der Waals surface area (Å²) in [6.45, 7) is 0. The predicted octanol–water partition coefficient (Wildman–Crippen LogP) is 4.85. The Bertz CT molecular complexity index is 1780. The number of aromatic hydroxyl groups is 1. The molecule has 2 heterocycles. The lowest BCUT2D eigenvalue weighted by Gasteiger charge is -2.12. The number of nitrogens with one attached hydrogen (secondary N) is 1. The molecule has 1 amide bonds. The quantitative estimate of drug-likeness (QED) is 0.238. The van der Waals surface area contributed by atoms with Crippen LogP contribution >= 0.6 is 0 Å². The first-order valence-corrected chi connectivity index (χ1v) is 11.4. The number of azo groups is 1. The second kappa shape index (κ2) is 10.6. The lowest BCUT2D eigenvalue weighted by Crippen LogP contribution is -2.12. The molecule has 190 valence electrons. The van der Waals surface area contributed by atoms with Crippen molar-refractivity contribution in [3.8, 4) is 17.8 Å². The molecule has 0 saturated heterocycles. The molecule has 0 unspecified atom stereocenters. The number of nitrogens with zero attached hydrogens (tertiary/aromatic N) is 7. The number of amides is 1. The molecule has 0 atom stereocenters. The topological polar surface area (TPSA) is 168 Å². The molecule has 5 rings (SSSR count). The number of benzene rings is 3. The van der Waals surface area contributed by atoms with Crippen LogP contribution in [0.25, 0.3) is 16.7 Å². The average Bonchev–Trinajstić information content (AvgIpc) is 3.39. The number of rotatable bonds is 6. The van der Waals surface area contributed by atoms with Gasteiger partial charge in [-0.1, -0.05) is 24.3 Å². The number of phenolic OH excluding ortho intramolecular Hbond substituents is 1. The number of carbonyl (C=O) groups excluding carboxylic acids is 2. The number of para-hydroxylation sites is 1. The molecule has 2 aromatic heterocycles.